The average molecular weight is 750 g/mol. The van der Waals surface area contributed by atoms with Crippen molar-refractivity contribution in [1.82, 2.24) is 24.9 Å². The van der Waals surface area contributed by atoms with Crippen LogP contribution in [0.5, 0.6) is 0 Å². The average Bonchev–Trinajstić information content (AvgIpc) is 3.12. The Hall–Kier alpha value is -5.97. The Morgan fingerprint density at radius 3 is 1.87 bits per heavy atom. The number of carbonyl (C=O) groups excluding carboxylic acids is 2. The Morgan fingerprint density at radius 2 is 1.31 bits per heavy atom. The van der Waals surface area contributed by atoms with E-state index < -0.39 is 27.7 Å². The van der Waals surface area contributed by atoms with E-state index in [4.69, 9.17) is 9.81 Å². The normalized spacial score (nSPS) is 11.0. The third-order valence-electron chi connectivity index (χ3n) is 6.56. The molecule has 0 unspecified atom stereocenters. The van der Waals surface area contributed by atoms with Gasteiger partial charge in [0.1, 0.15) is 17.3 Å². The van der Waals surface area contributed by atoms with Crippen molar-refractivity contribution < 1.29 is 37.2 Å². The number of pyridine rings is 1. The lowest BCUT2D eigenvalue weighted by Crippen LogP contribution is -2.16. The molecule has 0 aliphatic carbocycles. The molecule has 0 saturated heterocycles. The number of amides is 2. The molecule has 52 heavy (non-hydrogen) atoms. The van der Waals surface area contributed by atoms with E-state index in [0.717, 1.165) is 12.0 Å². The standard InChI is InChI=1S/C31H31N11O8S2/c43-28(37-21-3-1-5-23(17-21)39-30-34-11-9-26(41-30)32-13-15-51-50-49-45)20-7-8-25(36-19-20)29(44)38-22-4-2-6-24(18-22)40-31-35-12-10-27(42-31)33-14-16-52(46,47)48/h1-12,17-19,45H,13-16H2,(H,37,43)(H,38,44)(H,46,47,48)(H2,32,34,39,41)(H2,33,35,40,42). The number of nitrogens with zero attached hydrogens (tertiary/aromatic N) is 5. The zero-order valence-electron chi connectivity index (χ0n) is 26.9. The largest absolute Gasteiger partial charge is 0.369 e. The lowest BCUT2D eigenvalue weighted by molar-refractivity contribution is -0.432. The number of nitrogens with one attached hydrogen (secondary N) is 6. The maximum Gasteiger partial charge on any atom is 0.274 e. The summed E-state index contributed by atoms with van der Waals surface area (Å²) < 4.78 is 35.1. The molecule has 0 atom stereocenters. The lowest BCUT2D eigenvalue weighted by atomic mass is 10.2. The minimum absolute atomic E-state index is 0.0450. The van der Waals surface area contributed by atoms with E-state index in [1.807, 2.05) is 0 Å². The van der Waals surface area contributed by atoms with Crippen molar-refractivity contribution in [1.29, 1.82) is 0 Å². The third kappa shape index (κ3) is 12.1. The summed E-state index contributed by atoms with van der Waals surface area (Å²) in [5.41, 5.74) is 2.42. The quantitative estimate of drug-likeness (QED) is 0.0202. The van der Waals surface area contributed by atoms with Crippen molar-refractivity contribution in [3.63, 3.8) is 0 Å². The molecule has 19 nitrogen and oxygen atoms in total. The minimum atomic E-state index is -4.11. The van der Waals surface area contributed by atoms with Crippen molar-refractivity contribution in [3.8, 4) is 0 Å². The zero-order chi connectivity index (χ0) is 36.8. The summed E-state index contributed by atoms with van der Waals surface area (Å²) in [7, 11) is -4.11. The van der Waals surface area contributed by atoms with Crippen LogP contribution in [-0.4, -0.2) is 79.6 Å². The van der Waals surface area contributed by atoms with Crippen LogP contribution in [0.2, 0.25) is 0 Å². The highest BCUT2D eigenvalue weighted by molar-refractivity contribution is 7.94. The molecule has 0 aliphatic heterocycles. The fraction of sp³-hybridized carbons (Fsp3) is 0.129. The zero-order valence-corrected chi connectivity index (χ0v) is 28.5. The van der Waals surface area contributed by atoms with Crippen LogP contribution in [0.1, 0.15) is 20.8 Å². The molecule has 5 aromatic rings. The Kier molecular flexibility index (Phi) is 13.1. The SMILES string of the molecule is O=C(Nc1cccc(Nc2nccc(NCCSOOO)n2)c1)c1ccc(C(=O)Nc2cccc(Nc3nccc(NCCS(=O)(=O)O)n3)c2)nc1. The first-order chi connectivity index (χ1) is 25.1. The monoisotopic (exact) mass is 749 g/mol. The Morgan fingerprint density at radius 1 is 0.731 bits per heavy atom. The molecule has 2 amide bonds. The van der Waals surface area contributed by atoms with E-state index in [1.165, 1.54) is 24.5 Å². The molecule has 3 aromatic heterocycles. The molecule has 0 spiro atoms. The molecule has 8 N–H and O–H groups in total. The number of rotatable bonds is 18. The van der Waals surface area contributed by atoms with Crippen LogP contribution >= 0.6 is 12.0 Å². The topological polar surface area (TPSA) is 264 Å². The highest BCUT2D eigenvalue weighted by Crippen LogP contribution is 2.21. The number of aromatic nitrogens is 5. The van der Waals surface area contributed by atoms with Crippen LogP contribution in [0.3, 0.4) is 0 Å². The number of hydrogen-bond donors (Lipinski definition) is 8. The van der Waals surface area contributed by atoms with Gasteiger partial charge in [-0.2, -0.15) is 18.4 Å². The van der Waals surface area contributed by atoms with Gasteiger partial charge >= 0.3 is 0 Å². The molecule has 2 aromatic carbocycles. The maximum atomic E-state index is 13.0. The van der Waals surface area contributed by atoms with E-state index in [0.29, 0.717) is 52.6 Å². The maximum absolute atomic E-state index is 13.0. The van der Waals surface area contributed by atoms with Crippen molar-refractivity contribution in [2.75, 3.05) is 56.5 Å². The van der Waals surface area contributed by atoms with E-state index in [2.05, 4.69) is 66.2 Å². The van der Waals surface area contributed by atoms with Crippen LogP contribution in [0.25, 0.3) is 0 Å². The lowest BCUT2D eigenvalue weighted by Gasteiger charge is -2.11. The molecule has 0 saturated carbocycles. The first-order valence-corrected chi connectivity index (χ1v) is 17.7. The predicted molar refractivity (Wildman–Crippen MR) is 194 cm³/mol. The van der Waals surface area contributed by atoms with Gasteiger partial charge in [0, 0.05) is 72.2 Å². The van der Waals surface area contributed by atoms with Gasteiger partial charge in [0.2, 0.25) is 11.9 Å². The van der Waals surface area contributed by atoms with E-state index in [9.17, 15) is 18.0 Å². The molecular formula is C31H31N11O8S2. The first-order valence-electron chi connectivity index (χ1n) is 15.2. The molecule has 21 heteroatoms. The van der Waals surface area contributed by atoms with Crippen molar-refractivity contribution >= 4 is 80.3 Å². The fourth-order valence-electron chi connectivity index (χ4n) is 4.29. The molecule has 0 radical (unpaired) electrons. The van der Waals surface area contributed by atoms with Gasteiger partial charge < -0.3 is 31.9 Å². The summed E-state index contributed by atoms with van der Waals surface area (Å²) in [6.45, 7) is 0.440. The van der Waals surface area contributed by atoms with Gasteiger partial charge in [0.05, 0.1) is 11.3 Å². The van der Waals surface area contributed by atoms with Gasteiger partial charge in [-0.05, 0) is 60.7 Å². The second-order valence-electron chi connectivity index (χ2n) is 10.4. The van der Waals surface area contributed by atoms with Crippen LogP contribution in [0, 0.1) is 0 Å². The Labute approximate surface area is 300 Å². The Balaban J connectivity index is 1.13. The summed E-state index contributed by atoms with van der Waals surface area (Å²) in [4.78, 5) is 47.1. The second-order valence-corrected chi connectivity index (χ2v) is 12.7. The van der Waals surface area contributed by atoms with Crippen LogP contribution in [0.15, 0.2) is 91.4 Å². The molecule has 0 bridgehead atoms. The van der Waals surface area contributed by atoms with E-state index >= 15 is 0 Å². The summed E-state index contributed by atoms with van der Waals surface area (Å²) in [5.74, 6) is 0.494. The summed E-state index contributed by atoms with van der Waals surface area (Å²) in [6, 6.07) is 19.9. The van der Waals surface area contributed by atoms with Gasteiger partial charge in [-0.3, -0.25) is 19.1 Å². The van der Waals surface area contributed by atoms with Gasteiger partial charge in [-0.25, -0.2) is 15.2 Å². The Bertz CT molecular complexity index is 2090. The van der Waals surface area contributed by atoms with Gasteiger partial charge in [0.25, 0.3) is 21.9 Å². The van der Waals surface area contributed by atoms with Crippen LogP contribution in [0.4, 0.5) is 46.3 Å². The highest BCUT2D eigenvalue weighted by atomic mass is 32.2. The van der Waals surface area contributed by atoms with Crippen LogP contribution < -0.4 is 31.9 Å². The van der Waals surface area contributed by atoms with E-state index in [-0.39, 0.29) is 23.8 Å². The minimum Gasteiger partial charge on any atom is -0.369 e. The fourth-order valence-corrected chi connectivity index (χ4v) is 4.94. The first kappa shape index (κ1) is 37.3. The molecule has 270 valence electrons. The van der Waals surface area contributed by atoms with Crippen molar-refractivity contribution in [3.05, 3.63) is 103 Å². The number of carbonyl (C=O) groups is 2. The third-order valence-corrected chi connectivity index (χ3v) is 7.81. The number of anilines is 8. The molecule has 3 heterocycles. The molecule has 5 rings (SSSR count). The number of hydrogen-bond acceptors (Lipinski definition) is 17. The molecule has 0 fully saturated rings. The predicted octanol–water partition coefficient (Wildman–Crippen LogP) is 4.43. The van der Waals surface area contributed by atoms with Crippen molar-refractivity contribution in [2.24, 2.45) is 0 Å². The summed E-state index contributed by atoms with van der Waals surface area (Å²) in [6.07, 6.45) is 4.34. The van der Waals surface area contributed by atoms with Gasteiger partial charge in [-0.1, -0.05) is 17.2 Å². The molecule has 0 aliphatic rings. The van der Waals surface area contributed by atoms with E-state index in [1.54, 1.807) is 66.9 Å². The smallest absolute Gasteiger partial charge is 0.274 e. The van der Waals surface area contributed by atoms with Gasteiger partial charge in [0.15, 0.2) is 0 Å². The van der Waals surface area contributed by atoms with Gasteiger partial charge in [-0.15, -0.1) is 4.33 Å². The number of benzene rings is 2. The summed E-state index contributed by atoms with van der Waals surface area (Å²) in [5, 5.41) is 29.2. The summed E-state index contributed by atoms with van der Waals surface area (Å²) >= 11 is 0.918. The second kappa shape index (κ2) is 18.3. The highest BCUT2D eigenvalue weighted by Gasteiger charge is 2.13. The van der Waals surface area contributed by atoms with Crippen molar-refractivity contribution in [2.45, 2.75) is 0 Å². The van der Waals surface area contributed by atoms with Crippen LogP contribution in [-0.2, 0) is 19.5 Å². The molecular weight excluding hydrogens is 719 g/mol.